The van der Waals surface area contributed by atoms with Crippen LogP contribution in [0, 0.1) is 5.92 Å². The second-order valence-electron chi connectivity index (χ2n) is 5.76. The zero-order valence-corrected chi connectivity index (χ0v) is 14.6. The molecule has 0 spiro atoms. The van der Waals surface area contributed by atoms with Crippen LogP contribution >= 0.6 is 0 Å². The standard InChI is InChI=1S/C15H24N2O5S/c1-10(2)8-16-14-6-5-12(7-13(14)15(18)19)23(20,21)17-11(3)9-22-4/h5-7,10-11,16-17H,8-9H2,1-4H3,(H,18,19)/t11-/m0/s1. The molecule has 0 aliphatic carbocycles. The molecule has 0 aromatic heterocycles. The van der Waals surface area contributed by atoms with Gasteiger partial charge in [0.25, 0.3) is 0 Å². The molecule has 0 heterocycles. The van der Waals surface area contributed by atoms with Crippen LogP contribution in [0.15, 0.2) is 23.1 Å². The number of methoxy groups -OCH3 is 1. The Labute approximate surface area is 137 Å². The molecule has 0 saturated carbocycles. The topological polar surface area (TPSA) is 105 Å². The normalized spacial score (nSPS) is 13.1. The lowest BCUT2D eigenvalue weighted by Crippen LogP contribution is -2.35. The Morgan fingerprint density at radius 1 is 1.30 bits per heavy atom. The van der Waals surface area contributed by atoms with Crippen molar-refractivity contribution in [2.24, 2.45) is 5.92 Å². The maximum absolute atomic E-state index is 12.3. The minimum absolute atomic E-state index is 0.0760. The van der Waals surface area contributed by atoms with Gasteiger partial charge in [0.05, 0.1) is 17.1 Å². The zero-order valence-electron chi connectivity index (χ0n) is 13.8. The fourth-order valence-electron chi connectivity index (χ4n) is 1.95. The fourth-order valence-corrected chi connectivity index (χ4v) is 3.21. The highest BCUT2D eigenvalue weighted by Gasteiger charge is 2.21. The summed E-state index contributed by atoms with van der Waals surface area (Å²) in [5.41, 5.74) is 0.322. The summed E-state index contributed by atoms with van der Waals surface area (Å²) in [5.74, 6) is -0.852. The van der Waals surface area contributed by atoms with Crippen molar-refractivity contribution in [1.29, 1.82) is 0 Å². The van der Waals surface area contributed by atoms with Crippen molar-refractivity contribution >= 4 is 21.7 Å². The number of carboxylic acid groups (broad SMARTS) is 1. The summed E-state index contributed by atoms with van der Waals surface area (Å²) in [5, 5.41) is 12.3. The third kappa shape index (κ3) is 5.81. The number of sulfonamides is 1. The van der Waals surface area contributed by atoms with Crippen LogP contribution in [-0.4, -0.2) is 45.8 Å². The average Bonchev–Trinajstić information content (AvgIpc) is 2.44. The lowest BCUT2D eigenvalue weighted by atomic mass is 10.1. The third-order valence-electron chi connectivity index (χ3n) is 3.01. The second-order valence-corrected chi connectivity index (χ2v) is 7.48. The molecule has 0 fully saturated rings. The Balaban J connectivity index is 3.09. The first kappa shape index (κ1) is 19.4. The first-order valence-corrected chi connectivity index (χ1v) is 8.78. The van der Waals surface area contributed by atoms with E-state index >= 15 is 0 Å². The lowest BCUT2D eigenvalue weighted by Gasteiger charge is -2.15. The maximum Gasteiger partial charge on any atom is 0.337 e. The average molecular weight is 344 g/mol. The molecule has 130 valence electrons. The number of hydrogen-bond donors (Lipinski definition) is 3. The second kappa shape index (κ2) is 8.28. The molecule has 0 radical (unpaired) electrons. The lowest BCUT2D eigenvalue weighted by molar-refractivity contribution is 0.0697. The molecule has 1 aromatic rings. The van der Waals surface area contributed by atoms with E-state index < -0.39 is 22.0 Å². The van der Waals surface area contributed by atoms with E-state index in [1.165, 1.54) is 19.2 Å². The third-order valence-corrected chi connectivity index (χ3v) is 4.59. The molecule has 0 unspecified atom stereocenters. The predicted octanol–water partition coefficient (Wildman–Crippen LogP) is 1.77. The molecule has 0 amide bonds. The van der Waals surface area contributed by atoms with Gasteiger partial charge in [-0.25, -0.2) is 17.9 Å². The number of hydrogen-bond acceptors (Lipinski definition) is 5. The summed E-state index contributed by atoms with van der Waals surface area (Å²) in [6, 6.07) is 3.60. The van der Waals surface area contributed by atoms with Gasteiger partial charge in [-0.3, -0.25) is 0 Å². The van der Waals surface area contributed by atoms with E-state index in [1.807, 2.05) is 13.8 Å². The van der Waals surface area contributed by atoms with E-state index in [9.17, 15) is 18.3 Å². The summed E-state index contributed by atoms with van der Waals surface area (Å²) < 4.78 is 31.9. The van der Waals surface area contributed by atoms with Crippen LogP contribution < -0.4 is 10.0 Å². The largest absolute Gasteiger partial charge is 0.478 e. The van der Waals surface area contributed by atoms with E-state index in [4.69, 9.17) is 4.74 Å². The van der Waals surface area contributed by atoms with Crippen LogP contribution in [0.4, 0.5) is 5.69 Å². The Kier molecular flexibility index (Phi) is 6.99. The van der Waals surface area contributed by atoms with Gasteiger partial charge in [-0.1, -0.05) is 13.8 Å². The van der Waals surface area contributed by atoms with Crippen LogP contribution in [0.25, 0.3) is 0 Å². The van der Waals surface area contributed by atoms with Crippen molar-refractivity contribution in [2.45, 2.75) is 31.7 Å². The van der Waals surface area contributed by atoms with Crippen LogP contribution in [0.3, 0.4) is 0 Å². The highest BCUT2D eigenvalue weighted by molar-refractivity contribution is 7.89. The molecule has 0 bridgehead atoms. The predicted molar refractivity (Wildman–Crippen MR) is 88.4 cm³/mol. The molecule has 1 atom stereocenters. The van der Waals surface area contributed by atoms with Gasteiger partial charge < -0.3 is 15.2 Å². The SMILES string of the molecule is COC[C@H](C)NS(=O)(=O)c1ccc(NCC(C)C)c(C(=O)O)c1. The number of aromatic carboxylic acids is 1. The molecule has 1 aromatic carbocycles. The van der Waals surface area contributed by atoms with Gasteiger partial charge in [-0.15, -0.1) is 0 Å². The molecule has 0 saturated heterocycles. The first-order valence-electron chi connectivity index (χ1n) is 7.30. The highest BCUT2D eigenvalue weighted by atomic mass is 32.2. The van der Waals surface area contributed by atoms with Crippen LogP contribution in [0.2, 0.25) is 0 Å². The summed E-state index contributed by atoms with van der Waals surface area (Å²) >= 11 is 0. The monoisotopic (exact) mass is 344 g/mol. The van der Waals surface area contributed by atoms with Crippen LogP contribution in [0.5, 0.6) is 0 Å². The van der Waals surface area contributed by atoms with E-state index in [1.54, 1.807) is 6.92 Å². The highest BCUT2D eigenvalue weighted by Crippen LogP contribution is 2.21. The molecule has 0 aliphatic rings. The number of carboxylic acids is 1. The Bertz CT molecular complexity index is 643. The molecular weight excluding hydrogens is 320 g/mol. The number of ether oxygens (including phenoxy) is 1. The summed E-state index contributed by atoms with van der Waals surface area (Å²) in [6.07, 6.45) is 0. The van der Waals surface area contributed by atoms with Crippen molar-refractivity contribution in [3.8, 4) is 0 Å². The van der Waals surface area contributed by atoms with Crippen molar-refractivity contribution in [3.05, 3.63) is 23.8 Å². The smallest absolute Gasteiger partial charge is 0.337 e. The maximum atomic E-state index is 12.3. The summed E-state index contributed by atoms with van der Waals surface area (Å²) in [4.78, 5) is 11.3. The number of rotatable bonds is 9. The van der Waals surface area contributed by atoms with Gasteiger partial charge in [0, 0.05) is 25.4 Å². The van der Waals surface area contributed by atoms with Crippen molar-refractivity contribution in [2.75, 3.05) is 25.6 Å². The minimum atomic E-state index is -3.81. The fraction of sp³-hybridized carbons (Fsp3) is 0.533. The molecule has 23 heavy (non-hydrogen) atoms. The Morgan fingerprint density at radius 3 is 2.48 bits per heavy atom. The molecule has 0 aliphatic heterocycles. The van der Waals surface area contributed by atoms with Gasteiger partial charge in [0.2, 0.25) is 10.0 Å². The zero-order chi connectivity index (χ0) is 17.6. The molecule has 8 heteroatoms. The quantitative estimate of drug-likeness (QED) is 0.630. The first-order chi connectivity index (χ1) is 10.7. The van der Waals surface area contributed by atoms with Gasteiger partial charge in [-0.05, 0) is 31.0 Å². The van der Waals surface area contributed by atoms with E-state index in [0.29, 0.717) is 18.2 Å². The summed E-state index contributed by atoms with van der Waals surface area (Å²) in [7, 11) is -2.33. The molecule has 1 rings (SSSR count). The number of carbonyl (C=O) groups is 1. The van der Waals surface area contributed by atoms with Crippen molar-refractivity contribution < 1.29 is 23.1 Å². The van der Waals surface area contributed by atoms with Gasteiger partial charge in [-0.2, -0.15) is 0 Å². The van der Waals surface area contributed by atoms with Gasteiger partial charge in [0.1, 0.15) is 0 Å². The molecule has 3 N–H and O–H groups in total. The van der Waals surface area contributed by atoms with Crippen LogP contribution in [-0.2, 0) is 14.8 Å². The number of benzene rings is 1. The van der Waals surface area contributed by atoms with Crippen molar-refractivity contribution in [1.82, 2.24) is 4.72 Å². The van der Waals surface area contributed by atoms with Crippen molar-refractivity contribution in [3.63, 3.8) is 0 Å². The van der Waals surface area contributed by atoms with E-state index in [0.717, 1.165) is 6.07 Å². The van der Waals surface area contributed by atoms with E-state index in [2.05, 4.69) is 10.0 Å². The van der Waals surface area contributed by atoms with E-state index in [-0.39, 0.29) is 17.1 Å². The summed E-state index contributed by atoms with van der Waals surface area (Å²) in [6.45, 7) is 6.47. The number of nitrogens with one attached hydrogen (secondary N) is 2. The minimum Gasteiger partial charge on any atom is -0.478 e. The van der Waals surface area contributed by atoms with Gasteiger partial charge in [0.15, 0.2) is 0 Å². The number of anilines is 1. The van der Waals surface area contributed by atoms with Gasteiger partial charge >= 0.3 is 5.97 Å². The molecular formula is C15H24N2O5S. The Morgan fingerprint density at radius 2 is 1.96 bits per heavy atom. The Hall–Kier alpha value is -1.64. The van der Waals surface area contributed by atoms with Crippen LogP contribution in [0.1, 0.15) is 31.1 Å². The molecule has 7 nitrogen and oxygen atoms in total.